The molecule has 0 aliphatic rings. The van der Waals surface area contributed by atoms with Gasteiger partial charge in [0.05, 0.1) is 6.10 Å². The molecule has 0 spiro atoms. The molecule has 0 aliphatic carbocycles. The third-order valence-corrected chi connectivity index (χ3v) is 2.29. The van der Waals surface area contributed by atoms with Crippen molar-refractivity contribution in [3.05, 3.63) is 28.2 Å². The molecule has 1 aromatic rings. The molecule has 1 atom stereocenters. The van der Waals surface area contributed by atoms with Crippen LogP contribution in [0, 0.1) is 0 Å². The molecule has 0 fully saturated rings. The molecule has 0 unspecified atom stereocenters. The van der Waals surface area contributed by atoms with Crippen molar-refractivity contribution in [2.45, 2.75) is 13.0 Å². The van der Waals surface area contributed by atoms with E-state index in [9.17, 15) is 9.90 Å². The van der Waals surface area contributed by atoms with E-state index in [1.54, 1.807) is 25.1 Å². The van der Waals surface area contributed by atoms with Crippen molar-refractivity contribution < 1.29 is 14.6 Å². The fourth-order valence-electron chi connectivity index (χ4n) is 1.13. The third kappa shape index (κ3) is 3.53. The summed E-state index contributed by atoms with van der Waals surface area (Å²) in [6.45, 7) is 1.43. The van der Waals surface area contributed by atoms with Gasteiger partial charge in [0.25, 0.3) is 5.91 Å². The zero-order valence-corrected chi connectivity index (χ0v) is 9.82. The maximum Gasteiger partial charge on any atom is 0.255 e. The number of benzene rings is 1. The number of rotatable bonds is 4. The van der Waals surface area contributed by atoms with E-state index in [1.165, 1.54) is 0 Å². The highest BCUT2D eigenvalue weighted by atomic mass is 79.9. The predicted octanol–water partition coefficient (Wildman–Crippen LogP) is 1.37. The summed E-state index contributed by atoms with van der Waals surface area (Å²) in [5.74, 6) is -0.0929. The number of aliphatic hydroxyl groups is 1. The van der Waals surface area contributed by atoms with Gasteiger partial charge in [-0.05, 0) is 19.1 Å². The number of amides is 1. The fourth-order valence-corrected chi connectivity index (χ4v) is 1.47. The number of ether oxygens (including phenoxy) is 1. The van der Waals surface area contributed by atoms with Crippen LogP contribution in [0.1, 0.15) is 18.6 Å². The van der Waals surface area contributed by atoms with Crippen LogP contribution < -0.4 is 10.5 Å². The Balaban J connectivity index is 2.91. The molecule has 0 bridgehead atoms. The summed E-state index contributed by atoms with van der Waals surface area (Å²) in [5, 5.41) is 9.45. The molecule has 0 radical (unpaired) electrons. The summed E-state index contributed by atoms with van der Waals surface area (Å²) >= 11 is 3.27. The van der Waals surface area contributed by atoms with Gasteiger partial charge in [0.1, 0.15) is 5.75 Å². The standard InChI is InChI=1S/C10H12BrNO3/c1-6(13)8-3-2-7(11)4-9(8)15-5-10(12)14/h2-4,6,13H,5H2,1H3,(H2,12,14)/t6-/m1/s1. The molecule has 4 nitrogen and oxygen atoms in total. The van der Waals surface area contributed by atoms with Gasteiger partial charge in [0.15, 0.2) is 6.61 Å². The van der Waals surface area contributed by atoms with E-state index in [2.05, 4.69) is 15.9 Å². The molecule has 15 heavy (non-hydrogen) atoms. The number of halogens is 1. The highest BCUT2D eigenvalue weighted by molar-refractivity contribution is 9.10. The molecule has 1 amide bonds. The first-order valence-corrected chi connectivity index (χ1v) is 5.18. The van der Waals surface area contributed by atoms with Crippen molar-refractivity contribution in [3.63, 3.8) is 0 Å². The van der Waals surface area contributed by atoms with Crippen molar-refractivity contribution >= 4 is 21.8 Å². The summed E-state index contributed by atoms with van der Waals surface area (Å²) in [4.78, 5) is 10.6. The highest BCUT2D eigenvalue weighted by Crippen LogP contribution is 2.28. The van der Waals surface area contributed by atoms with E-state index in [0.717, 1.165) is 4.47 Å². The van der Waals surface area contributed by atoms with Gasteiger partial charge in [-0.1, -0.05) is 22.0 Å². The Kier molecular flexibility index (Phi) is 4.11. The Labute approximate surface area is 96.2 Å². The largest absolute Gasteiger partial charge is 0.483 e. The van der Waals surface area contributed by atoms with E-state index in [0.29, 0.717) is 11.3 Å². The zero-order valence-electron chi connectivity index (χ0n) is 8.24. The first-order chi connectivity index (χ1) is 7.00. The monoisotopic (exact) mass is 273 g/mol. The summed E-state index contributed by atoms with van der Waals surface area (Å²) in [6, 6.07) is 5.20. The maximum absolute atomic E-state index is 10.6. The lowest BCUT2D eigenvalue weighted by Crippen LogP contribution is -2.20. The second kappa shape index (κ2) is 5.14. The van der Waals surface area contributed by atoms with Gasteiger partial charge in [0.2, 0.25) is 0 Å². The molecule has 0 aliphatic heterocycles. The lowest BCUT2D eigenvalue weighted by atomic mass is 10.1. The van der Waals surface area contributed by atoms with Crippen LogP contribution in [0.2, 0.25) is 0 Å². The predicted molar refractivity (Wildman–Crippen MR) is 59.5 cm³/mol. The van der Waals surface area contributed by atoms with E-state index in [-0.39, 0.29) is 6.61 Å². The van der Waals surface area contributed by atoms with Crippen LogP contribution in [0.5, 0.6) is 5.75 Å². The number of carbonyl (C=O) groups excluding carboxylic acids is 1. The number of aliphatic hydroxyl groups excluding tert-OH is 1. The maximum atomic E-state index is 10.6. The fraction of sp³-hybridized carbons (Fsp3) is 0.300. The van der Waals surface area contributed by atoms with E-state index in [4.69, 9.17) is 10.5 Å². The Hall–Kier alpha value is -1.07. The summed E-state index contributed by atoms with van der Waals surface area (Å²) in [7, 11) is 0. The van der Waals surface area contributed by atoms with E-state index in [1.807, 2.05) is 0 Å². The molecule has 5 heteroatoms. The molecule has 0 saturated heterocycles. The van der Waals surface area contributed by atoms with Crippen molar-refractivity contribution in [2.75, 3.05) is 6.61 Å². The Morgan fingerprint density at radius 2 is 2.33 bits per heavy atom. The van der Waals surface area contributed by atoms with Crippen LogP contribution in [0.25, 0.3) is 0 Å². The smallest absolute Gasteiger partial charge is 0.255 e. The highest BCUT2D eigenvalue weighted by Gasteiger charge is 2.10. The number of carbonyl (C=O) groups is 1. The molecule has 0 aromatic heterocycles. The van der Waals surface area contributed by atoms with Gasteiger partial charge in [-0.15, -0.1) is 0 Å². The van der Waals surface area contributed by atoms with Gasteiger partial charge in [-0.3, -0.25) is 4.79 Å². The summed E-state index contributed by atoms with van der Waals surface area (Å²) in [6.07, 6.45) is -0.652. The number of hydrogen-bond donors (Lipinski definition) is 2. The number of nitrogens with two attached hydrogens (primary N) is 1. The van der Waals surface area contributed by atoms with Gasteiger partial charge < -0.3 is 15.6 Å². The van der Waals surface area contributed by atoms with Gasteiger partial charge in [-0.25, -0.2) is 0 Å². The van der Waals surface area contributed by atoms with E-state index >= 15 is 0 Å². The molecule has 3 N–H and O–H groups in total. The van der Waals surface area contributed by atoms with E-state index < -0.39 is 12.0 Å². The first kappa shape index (κ1) is 12.0. The van der Waals surface area contributed by atoms with Crippen molar-refractivity contribution in [1.82, 2.24) is 0 Å². The molecule has 0 heterocycles. The second-order valence-electron chi connectivity index (χ2n) is 3.11. The van der Waals surface area contributed by atoms with Crippen LogP contribution >= 0.6 is 15.9 Å². The minimum absolute atomic E-state index is 0.198. The van der Waals surface area contributed by atoms with Crippen molar-refractivity contribution in [3.8, 4) is 5.75 Å². The minimum Gasteiger partial charge on any atom is -0.483 e. The molecule has 1 aromatic carbocycles. The van der Waals surface area contributed by atoms with Crippen molar-refractivity contribution in [1.29, 1.82) is 0 Å². The molecular formula is C10H12BrNO3. The quantitative estimate of drug-likeness (QED) is 0.870. The average Bonchev–Trinajstić information content (AvgIpc) is 2.14. The zero-order chi connectivity index (χ0) is 11.4. The number of hydrogen-bond acceptors (Lipinski definition) is 3. The summed E-state index contributed by atoms with van der Waals surface area (Å²) < 4.78 is 5.99. The van der Waals surface area contributed by atoms with Gasteiger partial charge in [0, 0.05) is 10.0 Å². The molecular weight excluding hydrogens is 262 g/mol. The molecule has 1 rings (SSSR count). The Morgan fingerprint density at radius 3 is 2.87 bits per heavy atom. The SMILES string of the molecule is C[C@@H](O)c1ccc(Br)cc1OCC(N)=O. The average molecular weight is 274 g/mol. The second-order valence-corrected chi connectivity index (χ2v) is 4.03. The van der Waals surface area contributed by atoms with Crippen LogP contribution in [0.4, 0.5) is 0 Å². The van der Waals surface area contributed by atoms with Crippen LogP contribution in [0.3, 0.4) is 0 Å². The van der Waals surface area contributed by atoms with Crippen molar-refractivity contribution in [2.24, 2.45) is 5.73 Å². The van der Waals surface area contributed by atoms with Gasteiger partial charge in [-0.2, -0.15) is 0 Å². The topological polar surface area (TPSA) is 72.6 Å². The molecule has 0 saturated carbocycles. The summed E-state index contributed by atoms with van der Waals surface area (Å²) in [5.41, 5.74) is 5.59. The van der Waals surface area contributed by atoms with Crippen LogP contribution in [-0.4, -0.2) is 17.6 Å². The minimum atomic E-state index is -0.652. The lowest BCUT2D eigenvalue weighted by molar-refractivity contribution is -0.120. The number of primary amides is 1. The third-order valence-electron chi connectivity index (χ3n) is 1.80. The lowest BCUT2D eigenvalue weighted by Gasteiger charge is -2.12. The first-order valence-electron chi connectivity index (χ1n) is 4.39. The Morgan fingerprint density at radius 1 is 1.67 bits per heavy atom. The normalized spacial score (nSPS) is 12.2. The van der Waals surface area contributed by atoms with Gasteiger partial charge >= 0.3 is 0 Å². The van der Waals surface area contributed by atoms with Crippen LogP contribution in [-0.2, 0) is 4.79 Å². The van der Waals surface area contributed by atoms with Crippen LogP contribution in [0.15, 0.2) is 22.7 Å². The molecule has 82 valence electrons. The Bertz CT molecular complexity index is 366.